The van der Waals surface area contributed by atoms with E-state index < -0.39 is 29.7 Å². The Kier molecular flexibility index (Phi) is 4.22. The molecule has 6 heteroatoms. The maximum atomic E-state index is 12.4. The highest BCUT2D eigenvalue weighted by molar-refractivity contribution is 9.10. The lowest BCUT2D eigenvalue weighted by Gasteiger charge is -2.30. The van der Waals surface area contributed by atoms with Gasteiger partial charge in [0.05, 0.1) is 12.0 Å². The number of benzene rings is 1. The van der Waals surface area contributed by atoms with Crippen molar-refractivity contribution < 1.29 is 14.2 Å². The lowest BCUT2D eigenvalue weighted by atomic mass is 9.77. The molecule has 1 aromatic carbocycles. The highest BCUT2D eigenvalue weighted by Gasteiger charge is 2.50. The molecule has 1 aromatic heterocycles. The van der Waals surface area contributed by atoms with Crippen molar-refractivity contribution in [1.82, 2.24) is 5.32 Å². The number of piperidine rings is 1. The number of carbonyl (C=O) groups is 2. The van der Waals surface area contributed by atoms with Gasteiger partial charge in [0.1, 0.15) is 5.92 Å². The van der Waals surface area contributed by atoms with E-state index >= 15 is 0 Å². The number of rotatable bonds is 2. The Morgan fingerprint density at radius 2 is 1.70 bits per heavy atom. The number of halogens is 1. The molecule has 0 saturated carbocycles. The van der Waals surface area contributed by atoms with Gasteiger partial charge in [0.25, 0.3) is 5.91 Å². The van der Waals surface area contributed by atoms with E-state index in [0.29, 0.717) is 0 Å². The Morgan fingerprint density at radius 1 is 1.04 bits per heavy atom. The van der Waals surface area contributed by atoms with Gasteiger partial charge in [-0.2, -0.15) is 9.83 Å². The zero-order valence-electron chi connectivity index (χ0n) is 12.0. The third-order valence-corrected chi connectivity index (χ3v) is 4.48. The average molecular weight is 371 g/mol. The number of nitrogens with zero attached hydrogens (tertiary/aromatic N) is 2. The van der Waals surface area contributed by atoms with Crippen LogP contribution in [-0.4, -0.2) is 11.8 Å². The predicted molar refractivity (Wildman–Crippen MR) is 84.8 cm³/mol. The lowest BCUT2D eigenvalue weighted by Crippen LogP contribution is -2.59. The number of imide groups is 1. The second-order valence-corrected chi connectivity index (χ2v) is 6.22. The third kappa shape index (κ3) is 2.88. The summed E-state index contributed by atoms with van der Waals surface area (Å²) >= 11 is 3.37. The van der Waals surface area contributed by atoms with Crippen LogP contribution >= 0.6 is 15.9 Å². The Balaban J connectivity index is 2.13. The van der Waals surface area contributed by atoms with E-state index in [1.54, 1.807) is 17.0 Å². The molecular weight excluding hydrogens is 358 g/mol. The molecule has 3 rings (SSSR count). The van der Waals surface area contributed by atoms with Gasteiger partial charge >= 0.3 is 0 Å². The fraction of sp³-hybridized carbons (Fsp3) is 0.176. The number of amides is 2. The highest BCUT2D eigenvalue weighted by Crippen LogP contribution is 2.36. The van der Waals surface area contributed by atoms with E-state index in [-0.39, 0.29) is 0 Å². The molecule has 0 bridgehead atoms. The van der Waals surface area contributed by atoms with E-state index in [2.05, 4.69) is 21.2 Å². The van der Waals surface area contributed by atoms with Gasteiger partial charge in [0.2, 0.25) is 11.9 Å². The number of hydrogen-bond donors (Lipinski definition) is 1. The summed E-state index contributed by atoms with van der Waals surface area (Å²) in [6.45, 7) is 0. The van der Waals surface area contributed by atoms with Crippen molar-refractivity contribution in [3.05, 3.63) is 64.9 Å². The smallest absolute Gasteiger partial charge is 0.289 e. The summed E-state index contributed by atoms with van der Waals surface area (Å²) in [5, 5.41) is 11.8. The van der Waals surface area contributed by atoms with Crippen molar-refractivity contribution in [2.75, 3.05) is 0 Å². The minimum absolute atomic E-state index is 0.398. The first-order valence-corrected chi connectivity index (χ1v) is 7.86. The van der Waals surface area contributed by atoms with Gasteiger partial charge in [-0.3, -0.25) is 14.9 Å². The zero-order valence-corrected chi connectivity index (χ0v) is 13.6. The van der Waals surface area contributed by atoms with Crippen molar-refractivity contribution >= 4 is 27.7 Å². The highest BCUT2D eigenvalue weighted by atomic mass is 79.9. The Labute approximate surface area is 141 Å². The van der Waals surface area contributed by atoms with E-state index in [9.17, 15) is 14.9 Å². The van der Waals surface area contributed by atoms with Crippen LogP contribution in [-0.2, 0) is 9.59 Å². The molecule has 0 radical (unpaired) electrons. The van der Waals surface area contributed by atoms with Crippen LogP contribution in [0.5, 0.6) is 0 Å². The van der Waals surface area contributed by atoms with Crippen LogP contribution in [0.25, 0.3) is 0 Å². The molecule has 3 atom stereocenters. The molecular formula is C17H13BrN3O2+. The van der Waals surface area contributed by atoms with Crippen molar-refractivity contribution in [2.24, 2.45) is 5.92 Å². The molecule has 1 saturated heterocycles. The van der Waals surface area contributed by atoms with E-state index in [1.807, 2.05) is 48.5 Å². The SMILES string of the molecule is N#C[C@@H]1C(=O)NC(=O)[C@H]([n+]2ccccc2)[C@H]1c1ccc(Br)cc1. The van der Waals surface area contributed by atoms with Crippen molar-refractivity contribution in [2.45, 2.75) is 12.0 Å². The Morgan fingerprint density at radius 3 is 2.30 bits per heavy atom. The summed E-state index contributed by atoms with van der Waals surface area (Å²) in [5.41, 5.74) is 0.782. The normalized spacial score (nSPS) is 23.9. The molecule has 23 heavy (non-hydrogen) atoms. The van der Waals surface area contributed by atoms with Gasteiger partial charge < -0.3 is 0 Å². The fourth-order valence-corrected chi connectivity index (χ4v) is 3.16. The van der Waals surface area contributed by atoms with Crippen LogP contribution in [0.1, 0.15) is 17.5 Å². The second-order valence-electron chi connectivity index (χ2n) is 5.31. The average Bonchev–Trinajstić information content (AvgIpc) is 2.56. The first kappa shape index (κ1) is 15.4. The van der Waals surface area contributed by atoms with Gasteiger partial charge in [-0.1, -0.05) is 34.1 Å². The number of pyridine rings is 1. The molecule has 1 aliphatic heterocycles. The van der Waals surface area contributed by atoms with Gasteiger partial charge in [0, 0.05) is 16.6 Å². The van der Waals surface area contributed by atoms with E-state index in [4.69, 9.17) is 0 Å². The molecule has 0 unspecified atom stereocenters. The number of nitrogens with one attached hydrogen (secondary N) is 1. The largest absolute Gasteiger partial charge is 0.296 e. The summed E-state index contributed by atoms with van der Waals surface area (Å²) in [7, 11) is 0. The molecule has 2 heterocycles. The maximum Gasteiger partial charge on any atom is 0.296 e. The van der Waals surface area contributed by atoms with Crippen LogP contribution in [0, 0.1) is 17.2 Å². The monoisotopic (exact) mass is 370 g/mol. The molecule has 2 amide bonds. The van der Waals surface area contributed by atoms with Gasteiger partial charge in [0.15, 0.2) is 12.4 Å². The van der Waals surface area contributed by atoms with Crippen LogP contribution in [0.15, 0.2) is 59.3 Å². The number of nitriles is 1. The van der Waals surface area contributed by atoms with Crippen LogP contribution in [0.2, 0.25) is 0 Å². The molecule has 2 aromatic rings. The second kappa shape index (κ2) is 6.31. The first-order valence-electron chi connectivity index (χ1n) is 7.07. The van der Waals surface area contributed by atoms with Crippen molar-refractivity contribution in [3.63, 3.8) is 0 Å². The summed E-state index contributed by atoms with van der Waals surface area (Å²) in [6, 6.07) is 14.2. The molecule has 1 aliphatic rings. The van der Waals surface area contributed by atoms with Crippen LogP contribution in [0.3, 0.4) is 0 Å². The third-order valence-electron chi connectivity index (χ3n) is 3.95. The standard InChI is InChI=1S/C17H12BrN3O2/c18-12-6-4-11(5-7-12)14-13(10-19)16(22)20-17(23)15(14)21-8-2-1-3-9-21/h1-9,13-15H/p+1/t13-,14-,15+/m0/s1. The number of aromatic nitrogens is 1. The topological polar surface area (TPSA) is 73.8 Å². The number of carbonyl (C=O) groups excluding carboxylic acids is 2. The summed E-state index contributed by atoms with van der Waals surface area (Å²) in [5.74, 6) is -2.41. The molecule has 0 aliphatic carbocycles. The summed E-state index contributed by atoms with van der Waals surface area (Å²) in [6.07, 6.45) is 3.53. The first-order chi connectivity index (χ1) is 11.1. The fourth-order valence-electron chi connectivity index (χ4n) is 2.90. The predicted octanol–water partition coefficient (Wildman–Crippen LogP) is 1.86. The molecule has 114 valence electrons. The Bertz CT molecular complexity index is 784. The van der Waals surface area contributed by atoms with E-state index in [1.165, 1.54) is 0 Å². The molecule has 0 spiro atoms. The summed E-state index contributed by atoms with van der Waals surface area (Å²) in [4.78, 5) is 24.5. The lowest BCUT2D eigenvalue weighted by molar-refractivity contribution is -0.713. The van der Waals surface area contributed by atoms with Crippen molar-refractivity contribution in [1.29, 1.82) is 5.26 Å². The van der Waals surface area contributed by atoms with Crippen LogP contribution in [0.4, 0.5) is 0 Å². The maximum absolute atomic E-state index is 12.4. The van der Waals surface area contributed by atoms with Gasteiger partial charge in [-0.05, 0) is 17.7 Å². The Hall–Kier alpha value is -2.52. The zero-order chi connectivity index (χ0) is 16.4. The number of hydrogen-bond acceptors (Lipinski definition) is 3. The summed E-state index contributed by atoms with van der Waals surface area (Å²) < 4.78 is 2.63. The molecule has 5 nitrogen and oxygen atoms in total. The minimum Gasteiger partial charge on any atom is -0.289 e. The van der Waals surface area contributed by atoms with Gasteiger partial charge in [-0.15, -0.1) is 0 Å². The quantitative estimate of drug-likeness (QED) is 0.647. The molecule has 1 fully saturated rings. The van der Waals surface area contributed by atoms with Gasteiger partial charge in [-0.25, -0.2) is 0 Å². The van der Waals surface area contributed by atoms with Crippen LogP contribution < -0.4 is 9.88 Å². The molecule has 1 N–H and O–H groups in total. The minimum atomic E-state index is -0.924. The van der Waals surface area contributed by atoms with E-state index in [0.717, 1.165) is 10.0 Å². The van der Waals surface area contributed by atoms with Crippen molar-refractivity contribution in [3.8, 4) is 6.07 Å².